The lowest BCUT2D eigenvalue weighted by atomic mass is 10.1. The van der Waals surface area contributed by atoms with E-state index in [9.17, 15) is 18.4 Å². The van der Waals surface area contributed by atoms with E-state index < -0.39 is 16.7 Å². The summed E-state index contributed by atoms with van der Waals surface area (Å²) in [5.41, 5.74) is 1.22. The van der Waals surface area contributed by atoms with Gasteiger partial charge in [-0.05, 0) is 57.1 Å². The molecule has 1 saturated carbocycles. The highest BCUT2D eigenvalue weighted by molar-refractivity contribution is 6.31. The van der Waals surface area contributed by atoms with Crippen LogP contribution in [0.2, 0.25) is 5.02 Å². The molecule has 11 heteroatoms. The van der Waals surface area contributed by atoms with Crippen LogP contribution in [0.3, 0.4) is 0 Å². The van der Waals surface area contributed by atoms with Crippen molar-refractivity contribution in [2.75, 3.05) is 31.1 Å². The summed E-state index contributed by atoms with van der Waals surface area (Å²) in [5, 5.41) is 4.07. The highest BCUT2D eigenvalue weighted by Gasteiger charge is 2.57. The molecule has 1 saturated heterocycles. The van der Waals surface area contributed by atoms with Crippen molar-refractivity contribution in [1.82, 2.24) is 19.5 Å². The number of nitrogens with zero attached hydrogens (tertiary/aromatic N) is 5. The molecule has 1 aliphatic carbocycles. The number of ether oxygens (including phenoxy) is 1. The van der Waals surface area contributed by atoms with Gasteiger partial charge in [-0.3, -0.25) is 9.59 Å². The zero-order valence-corrected chi connectivity index (χ0v) is 23.2. The molecule has 208 valence electrons. The molecular weight excluding hydrogens is 528 g/mol. The lowest BCUT2D eigenvalue weighted by Crippen LogP contribution is -2.34. The number of piperidine rings is 1. The van der Waals surface area contributed by atoms with Crippen LogP contribution in [0.1, 0.15) is 51.0 Å². The monoisotopic (exact) mass is 559 g/mol. The molecule has 0 bridgehead atoms. The zero-order valence-electron chi connectivity index (χ0n) is 22.5. The van der Waals surface area contributed by atoms with E-state index >= 15 is 0 Å². The minimum absolute atomic E-state index is 0.0902. The van der Waals surface area contributed by atoms with Crippen molar-refractivity contribution < 1.29 is 23.1 Å². The van der Waals surface area contributed by atoms with Crippen molar-refractivity contribution >= 4 is 34.9 Å². The topological polar surface area (TPSA) is 80.0 Å². The highest BCUT2D eigenvalue weighted by Crippen LogP contribution is 2.53. The molecule has 3 atom stereocenters. The van der Waals surface area contributed by atoms with Gasteiger partial charge in [0.05, 0.1) is 12.3 Å². The van der Waals surface area contributed by atoms with Gasteiger partial charge in [-0.25, -0.2) is 13.8 Å². The van der Waals surface area contributed by atoms with Crippen LogP contribution in [-0.2, 0) is 9.53 Å². The minimum atomic E-state index is -0.873. The van der Waals surface area contributed by atoms with Gasteiger partial charge in [-0.1, -0.05) is 18.5 Å². The summed E-state index contributed by atoms with van der Waals surface area (Å²) in [6, 6.07) is 5.74. The van der Waals surface area contributed by atoms with Crippen LogP contribution in [-0.4, -0.2) is 63.7 Å². The van der Waals surface area contributed by atoms with Gasteiger partial charge in [0.1, 0.15) is 22.5 Å². The molecule has 0 spiro atoms. The van der Waals surface area contributed by atoms with Crippen molar-refractivity contribution in [3.63, 3.8) is 0 Å². The molecule has 0 N–H and O–H groups in total. The van der Waals surface area contributed by atoms with Gasteiger partial charge < -0.3 is 14.5 Å². The Balaban J connectivity index is 1.46. The molecule has 1 aromatic carbocycles. The average molecular weight is 560 g/mol. The number of likely N-dealkylation sites (tertiary alicyclic amines) is 1. The third kappa shape index (κ3) is 5.18. The Morgan fingerprint density at radius 1 is 1.13 bits per heavy atom. The van der Waals surface area contributed by atoms with Crippen LogP contribution >= 0.6 is 11.6 Å². The zero-order chi connectivity index (χ0) is 28.0. The van der Waals surface area contributed by atoms with Crippen molar-refractivity contribution in [2.45, 2.75) is 46.6 Å². The maximum Gasteiger partial charge on any atom is 0.306 e. The lowest BCUT2D eigenvalue weighted by Gasteiger charge is -2.29. The third-order valence-electron chi connectivity index (χ3n) is 7.66. The van der Waals surface area contributed by atoms with Crippen LogP contribution in [0.25, 0.3) is 16.9 Å². The number of halogens is 3. The molecule has 2 aliphatic rings. The van der Waals surface area contributed by atoms with Gasteiger partial charge in [0.25, 0.3) is 5.91 Å². The molecule has 8 nitrogen and oxygen atoms in total. The summed E-state index contributed by atoms with van der Waals surface area (Å²) in [4.78, 5) is 33.8. The number of esters is 1. The Morgan fingerprint density at radius 2 is 1.79 bits per heavy atom. The normalized spacial score (nSPS) is 20.0. The van der Waals surface area contributed by atoms with E-state index in [1.165, 1.54) is 0 Å². The first-order chi connectivity index (χ1) is 18.6. The molecule has 3 heterocycles. The fourth-order valence-corrected chi connectivity index (χ4v) is 5.80. The van der Waals surface area contributed by atoms with E-state index in [1.807, 2.05) is 13.8 Å². The van der Waals surface area contributed by atoms with Crippen LogP contribution in [0.5, 0.6) is 0 Å². The average Bonchev–Trinajstić information content (AvgIpc) is 3.24. The van der Waals surface area contributed by atoms with Crippen LogP contribution in [0, 0.1) is 29.4 Å². The molecule has 2 fully saturated rings. The molecule has 1 amide bonds. The summed E-state index contributed by atoms with van der Waals surface area (Å²) >= 11 is 5.70. The molecule has 3 aromatic rings. The fourth-order valence-electron chi connectivity index (χ4n) is 5.69. The second kappa shape index (κ2) is 10.7. The predicted molar refractivity (Wildman–Crippen MR) is 144 cm³/mol. The number of rotatable bonds is 9. The van der Waals surface area contributed by atoms with Crippen molar-refractivity contribution in [2.24, 2.45) is 17.8 Å². The number of amides is 1. The Labute approximate surface area is 230 Å². The van der Waals surface area contributed by atoms with E-state index in [2.05, 4.69) is 21.9 Å². The fraction of sp³-hybridized carbons (Fsp3) is 0.500. The summed E-state index contributed by atoms with van der Waals surface area (Å²) in [7, 11) is 0. The maximum absolute atomic E-state index is 14.3. The van der Waals surface area contributed by atoms with Crippen molar-refractivity contribution in [1.29, 1.82) is 0 Å². The largest absolute Gasteiger partial charge is 0.466 e. The van der Waals surface area contributed by atoms with Crippen LogP contribution in [0.15, 0.2) is 24.3 Å². The number of hydrogen-bond donors (Lipinski definition) is 0. The second-order valence-corrected chi connectivity index (χ2v) is 10.9. The first kappa shape index (κ1) is 27.3. The van der Waals surface area contributed by atoms with E-state index in [4.69, 9.17) is 16.3 Å². The van der Waals surface area contributed by atoms with Crippen LogP contribution < -0.4 is 4.90 Å². The Kier molecular flexibility index (Phi) is 7.50. The van der Waals surface area contributed by atoms with Crippen LogP contribution in [0.4, 0.5) is 14.6 Å². The number of carbonyl (C=O) groups is 2. The second-order valence-electron chi connectivity index (χ2n) is 10.6. The molecule has 39 heavy (non-hydrogen) atoms. The smallest absolute Gasteiger partial charge is 0.306 e. The quantitative estimate of drug-likeness (QED) is 0.264. The molecule has 5 rings (SSSR count). The number of hydrogen-bond acceptors (Lipinski definition) is 6. The first-order valence-corrected chi connectivity index (χ1v) is 13.8. The first-order valence-electron chi connectivity index (χ1n) is 13.4. The number of anilines is 1. The van der Waals surface area contributed by atoms with Gasteiger partial charge in [0.2, 0.25) is 0 Å². The molecule has 2 aromatic heterocycles. The van der Waals surface area contributed by atoms with E-state index in [-0.39, 0.29) is 35.1 Å². The molecule has 0 radical (unpaired) electrons. The molecular formula is C28H32ClF2N5O3. The summed E-state index contributed by atoms with van der Waals surface area (Å²) in [6.07, 6.45) is 1.25. The van der Waals surface area contributed by atoms with Crippen molar-refractivity contribution in [3.8, 4) is 11.3 Å². The van der Waals surface area contributed by atoms with Gasteiger partial charge in [0.15, 0.2) is 11.3 Å². The molecule has 1 unspecified atom stereocenters. The number of fused-ring (bicyclic) bond motifs is 2. The third-order valence-corrected chi connectivity index (χ3v) is 8.02. The molecule has 1 aliphatic heterocycles. The van der Waals surface area contributed by atoms with E-state index in [0.717, 1.165) is 18.6 Å². The maximum atomic E-state index is 14.3. The number of benzene rings is 1. The SMILES string of the molecule is CCCN(c1cc(-c2cc(F)c(Cl)c(F)c2)nc2cc(C(=O)N3C[C@@H]4C(CC(=O)OCC)[C@@H]4C3)nn12)C(C)C. The van der Waals surface area contributed by atoms with Gasteiger partial charge >= 0.3 is 5.97 Å². The standard InChI is InChI=1S/C28H32ClF2N5O3/c1-5-7-35(15(3)4)25-12-22(16-8-20(30)27(29)21(31)9-16)32-24-11-23(33-36(24)25)28(38)34-13-18-17(19(18)14-34)10-26(37)39-6-2/h8-9,11-12,15,17-19H,5-7,10,13-14H2,1-4H3/t17?,18-,19+. The predicted octanol–water partition coefficient (Wildman–Crippen LogP) is 5.22. The number of carbonyl (C=O) groups excluding carboxylic acids is 2. The summed E-state index contributed by atoms with van der Waals surface area (Å²) in [6.45, 7) is 10.2. The summed E-state index contributed by atoms with van der Waals surface area (Å²) in [5.74, 6) is -0.612. The Bertz CT molecular complexity index is 1390. The van der Waals surface area contributed by atoms with E-state index in [1.54, 1.807) is 28.5 Å². The van der Waals surface area contributed by atoms with Crippen molar-refractivity contribution in [3.05, 3.63) is 46.6 Å². The Hall–Kier alpha value is -3.27. The Morgan fingerprint density at radius 3 is 2.38 bits per heavy atom. The van der Waals surface area contributed by atoms with E-state index in [0.29, 0.717) is 61.7 Å². The van der Waals surface area contributed by atoms with Gasteiger partial charge in [-0.15, -0.1) is 0 Å². The van der Waals surface area contributed by atoms with Gasteiger partial charge in [-0.2, -0.15) is 9.61 Å². The number of aromatic nitrogens is 3. The minimum Gasteiger partial charge on any atom is -0.466 e. The lowest BCUT2D eigenvalue weighted by molar-refractivity contribution is -0.143. The van der Waals surface area contributed by atoms with Gasteiger partial charge in [0, 0.05) is 49.8 Å². The summed E-state index contributed by atoms with van der Waals surface area (Å²) < 4.78 is 35.3. The highest BCUT2D eigenvalue weighted by atomic mass is 35.5.